The van der Waals surface area contributed by atoms with Crippen LogP contribution in [-0.4, -0.2) is 67.2 Å². The van der Waals surface area contributed by atoms with E-state index in [1.165, 1.54) is 28.0 Å². The molecule has 1 unspecified atom stereocenters. The highest BCUT2D eigenvalue weighted by molar-refractivity contribution is 6.02. The van der Waals surface area contributed by atoms with Crippen molar-refractivity contribution < 1.29 is 32.3 Å². The minimum absolute atomic E-state index is 0.0153. The molecule has 4 rings (SSSR count). The molecule has 10 heteroatoms. The number of halogens is 3. The zero-order chi connectivity index (χ0) is 26.5. The lowest BCUT2D eigenvalue weighted by Gasteiger charge is -2.39. The molecule has 1 aliphatic rings. The van der Waals surface area contributed by atoms with E-state index in [1.807, 2.05) is 6.07 Å². The van der Waals surface area contributed by atoms with E-state index >= 15 is 0 Å². The van der Waals surface area contributed by atoms with Gasteiger partial charge in [-0.25, -0.2) is 13.2 Å². The van der Waals surface area contributed by atoms with Crippen LogP contribution in [0.5, 0.6) is 5.75 Å². The molecular formula is C27H24F3N3O4. The van der Waals surface area contributed by atoms with Crippen molar-refractivity contribution in [3.63, 3.8) is 0 Å². The Labute approximate surface area is 211 Å². The Bertz CT molecular complexity index is 1320. The zero-order valence-electron chi connectivity index (χ0n) is 19.9. The second-order valence-corrected chi connectivity index (χ2v) is 8.38. The zero-order valence-corrected chi connectivity index (χ0v) is 19.9. The molecule has 192 valence electrons. The Morgan fingerprint density at radius 2 is 1.78 bits per heavy atom. The van der Waals surface area contributed by atoms with E-state index in [0.717, 1.165) is 12.1 Å². The summed E-state index contributed by atoms with van der Waals surface area (Å²) in [7, 11) is 1.59. The Kier molecular flexibility index (Phi) is 7.76. The summed E-state index contributed by atoms with van der Waals surface area (Å²) in [5.41, 5.74) is 0.462. The van der Waals surface area contributed by atoms with Crippen LogP contribution in [-0.2, 0) is 9.59 Å². The van der Waals surface area contributed by atoms with Crippen LogP contribution < -0.4 is 10.1 Å². The summed E-state index contributed by atoms with van der Waals surface area (Å²) >= 11 is 0. The second kappa shape index (κ2) is 11.2. The maximum atomic E-state index is 14.4. The summed E-state index contributed by atoms with van der Waals surface area (Å²) in [6.07, 6.45) is 0.591. The number of carbonyl (C=O) groups is 3. The third kappa shape index (κ3) is 5.42. The molecular weight excluding hydrogens is 487 g/mol. The molecule has 3 aromatic rings. The minimum atomic E-state index is -1.61. The number of amides is 2. The predicted molar refractivity (Wildman–Crippen MR) is 131 cm³/mol. The predicted octanol–water partition coefficient (Wildman–Crippen LogP) is 3.74. The number of piperazine rings is 1. The van der Waals surface area contributed by atoms with Crippen molar-refractivity contribution in [1.82, 2.24) is 9.80 Å². The molecule has 1 heterocycles. The monoisotopic (exact) mass is 511 g/mol. The number of benzene rings is 3. The number of nitrogens with one attached hydrogen (secondary N) is 1. The first-order chi connectivity index (χ1) is 17.8. The summed E-state index contributed by atoms with van der Waals surface area (Å²) in [6, 6.07) is 14.1. The van der Waals surface area contributed by atoms with Gasteiger partial charge in [0.2, 0.25) is 0 Å². The summed E-state index contributed by atoms with van der Waals surface area (Å²) in [5.74, 6) is -4.62. The fourth-order valence-corrected chi connectivity index (χ4v) is 4.17. The van der Waals surface area contributed by atoms with Crippen LogP contribution in [0.25, 0.3) is 11.1 Å². The molecule has 0 spiro atoms. The molecule has 0 aromatic heterocycles. The van der Waals surface area contributed by atoms with Crippen molar-refractivity contribution in [2.75, 3.05) is 38.6 Å². The minimum Gasteiger partial charge on any atom is -0.484 e. The van der Waals surface area contributed by atoms with Gasteiger partial charge in [0.15, 0.2) is 24.1 Å². The van der Waals surface area contributed by atoms with Gasteiger partial charge in [0.1, 0.15) is 18.1 Å². The molecule has 0 aliphatic carbocycles. The van der Waals surface area contributed by atoms with Gasteiger partial charge >= 0.3 is 0 Å². The van der Waals surface area contributed by atoms with E-state index in [1.54, 1.807) is 31.3 Å². The lowest BCUT2D eigenvalue weighted by molar-refractivity contribution is -0.136. The van der Waals surface area contributed by atoms with E-state index in [9.17, 15) is 27.6 Å². The summed E-state index contributed by atoms with van der Waals surface area (Å²) in [5, 5.41) is 2.88. The number of carbonyl (C=O) groups excluding carboxylic acids is 3. The van der Waals surface area contributed by atoms with Crippen LogP contribution in [0, 0.1) is 17.5 Å². The van der Waals surface area contributed by atoms with Gasteiger partial charge in [-0.15, -0.1) is 0 Å². The molecule has 1 fully saturated rings. The Morgan fingerprint density at radius 1 is 1.03 bits per heavy atom. The highest BCUT2D eigenvalue weighted by atomic mass is 19.2. The van der Waals surface area contributed by atoms with Gasteiger partial charge in [0.05, 0.1) is 5.56 Å². The normalized spacial score (nSPS) is 15.3. The molecule has 1 N–H and O–H groups in total. The molecule has 37 heavy (non-hydrogen) atoms. The molecule has 1 saturated heterocycles. The summed E-state index contributed by atoms with van der Waals surface area (Å²) in [6.45, 7) is 0.0273. The first-order valence-electron chi connectivity index (χ1n) is 11.5. The van der Waals surface area contributed by atoms with Gasteiger partial charge in [-0.05, 0) is 42.0 Å². The third-order valence-electron chi connectivity index (χ3n) is 6.16. The van der Waals surface area contributed by atoms with Gasteiger partial charge in [0, 0.05) is 37.9 Å². The molecule has 3 aromatic carbocycles. The van der Waals surface area contributed by atoms with Crippen molar-refractivity contribution in [1.29, 1.82) is 0 Å². The van der Waals surface area contributed by atoms with E-state index in [2.05, 4.69) is 5.32 Å². The van der Waals surface area contributed by atoms with Crippen LogP contribution in [0.4, 0.5) is 18.9 Å². The van der Waals surface area contributed by atoms with Gasteiger partial charge in [0.25, 0.3) is 11.8 Å². The maximum Gasteiger partial charge on any atom is 0.260 e. The fourth-order valence-electron chi connectivity index (χ4n) is 4.17. The summed E-state index contributed by atoms with van der Waals surface area (Å²) in [4.78, 5) is 40.8. The highest BCUT2D eigenvalue weighted by Gasteiger charge is 2.34. The quantitative estimate of drug-likeness (QED) is 0.386. The standard InChI is InChI=1S/C27H24F3N3O4/c1-31-23-10-7-17(20-8-9-22(28)26(30)25(20)29)13-21(23)27(36)33-12-11-32(14-18(33)15-34)24(35)16-37-19-5-3-2-4-6-19/h2-10,13,15,18,31H,11-12,14,16H2,1H3. The lowest BCUT2D eigenvalue weighted by atomic mass is 9.99. The lowest BCUT2D eigenvalue weighted by Crippen LogP contribution is -2.57. The second-order valence-electron chi connectivity index (χ2n) is 8.38. The van der Waals surface area contributed by atoms with Gasteiger partial charge < -0.3 is 24.6 Å². The number of rotatable bonds is 7. The fraction of sp³-hybridized carbons (Fsp3) is 0.222. The molecule has 0 radical (unpaired) electrons. The van der Waals surface area contributed by atoms with Crippen molar-refractivity contribution in [2.45, 2.75) is 6.04 Å². The summed E-state index contributed by atoms with van der Waals surface area (Å²) < 4.78 is 47.1. The van der Waals surface area contributed by atoms with Crippen LogP contribution in [0.2, 0.25) is 0 Å². The van der Waals surface area contributed by atoms with E-state index in [0.29, 0.717) is 17.7 Å². The van der Waals surface area contributed by atoms with E-state index in [4.69, 9.17) is 4.74 Å². The van der Waals surface area contributed by atoms with Crippen molar-refractivity contribution >= 4 is 23.8 Å². The van der Waals surface area contributed by atoms with Crippen LogP contribution in [0.1, 0.15) is 10.4 Å². The van der Waals surface area contributed by atoms with Gasteiger partial charge in [-0.1, -0.05) is 24.3 Å². The highest BCUT2D eigenvalue weighted by Crippen LogP contribution is 2.30. The largest absolute Gasteiger partial charge is 0.484 e. The molecule has 0 bridgehead atoms. The van der Waals surface area contributed by atoms with Gasteiger partial charge in [-0.3, -0.25) is 9.59 Å². The van der Waals surface area contributed by atoms with E-state index < -0.39 is 29.4 Å². The Balaban J connectivity index is 1.52. The average molecular weight is 512 g/mol. The first kappa shape index (κ1) is 25.7. The molecule has 1 atom stereocenters. The number of aldehydes is 1. The van der Waals surface area contributed by atoms with Crippen molar-refractivity contribution in [3.05, 3.63) is 83.7 Å². The van der Waals surface area contributed by atoms with Crippen molar-refractivity contribution in [2.24, 2.45) is 0 Å². The smallest absolute Gasteiger partial charge is 0.260 e. The number of anilines is 1. The molecule has 2 amide bonds. The van der Waals surface area contributed by atoms with Crippen LogP contribution >= 0.6 is 0 Å². The molecule has 0 saturated carbocycles. The van der Waals surface area contributed by atoms with E-state index in [-0.39, 0.29) is 48.8 Å². The number of ether oxygens (including phenoxy) is 1. The Morgan fingerprint density at radius 3 is 2.49 bits per heavy atom. The maximum absolute atomic E-state index is 14.4. The topological polar surface area (TPSA) is 79.0 Å². The number of hydrogen-bond acceptors (Lipinski definition) is 5. The molecule has 1 aliphatic heterocycles. The average Bonchev–Trinajstić information content (AvgIpc) is 2.94. The van der Waals surface area contributed by atoms with Crippen molar-refractivity contribution in [3.8, 4) is 16.9 Å². The van der Waals surface area contributed by atoms with Crippen LogP contribution in [0.3, 0.4) is 0 Å². The number of nitrogens with zero attached hydrogens (tertiary/aromatic N) is 2. The number of para-hydroxylation sites is 1. The number of hydrogen-bond donors (Lipinski definition) is 1. The SMILES string of the molecule is CNc1ccc(-c2ccc(F)c(F)c2F)cc1C(=O)N1CCN(C(=O)COc2ccccc2)CC1C=O. The van der Waals surface area contributed by atoms with Gasteiger partial charge in [-0.2, -0.15) is 0 Å². The third-order valence-corrected chi connectivity index (χ3v) is 6.16. The Hall–Kier alpha value is -4.34. The first-order valence-corrected chi connectivity index (χ1v) is 11.5. The van der Waals surface area contributed by atoms with Crippen LogP contribution in [0.15, 0.2) is 60.7 Å². The molecule has 7 nitrogen and oxygen atoms in total.